The zero-order valence-electron chi connectivity index (χ0n) is 15.7. The Balaban J connectivity index is 1.49. The van der Waals surface area contributed by atoms with Crippen molar-refractivity contribution < 1.29 is 19.0 Å². The Morgan fingerprint density at radius 2 is 1.82 bits per heavy atom. The highest BCUT2D eigenvalue weighted by Crippen LogP contribution is 2.29. The SMILES string of the molecule is COc1ccccc1OCC1SCCN1C(=S)CC(=O)COc1ccccc1. The van der Waals surface area contributed by atoms with E-state index < -0.39 is 0 Å². The van der Waals surface area contributed by atoms with Crippen molar-refractivity contribution in [3.63, 3.8) is 0 Å². The van der Waals surface area contributed by atoms with Crippen LogP contribution in [-0.4, -0.2) is 53.7 Å². The second-order valence-electron chi connectivity index (χ2n) is 6.19. The van der Waals surface area contributed by atoms with Crippen molar-refractivity contribution in [3.8, 4) is 17.2 Å². The summed E-state index contributed by atoms with van der Waals surface area (Å²) in [7, 11) is 1.62. The third kappa shape index (κ3) is 5.62. The van der Waals surface area contributed by atoms with Crippen LogP contribution >= 0.6 is 24.0 Å². The molecule has 7 heteroatoms. The fraction of sp³-hybridized carbons (Fsp3) is 0.333. The second-order valence-corrected chi connectivity index (χ2v) is 7.95. The van der Waals surface area contributed by atoms with Gasteiger partial charge in [-0.2, -0.15) is 0 Å². The maximum atomic E-state index is 12.3. The first-order valence-corrected chi connectivity index (χ1v) is 10.5. The minimum Gasteiger partial charge on any atom is -0.493 e. The van der Waals surface area contributed by atoms with E-state index >= 15 is 0 Å². The lowest BCUT2D eigenvalue weighted by molar-refractivity contribution is -0.119. The first-order valence-electron chi connectivity index (χ1n) is 9.04. The Bertz CT molecular complexity index is 800. The van der Waals surface area contributed by atoms with Crippen LogP contribution in [0.5, 0.6) is 17.2 Å². The average Bonchev–Trinajstić information content (AvgIpc) is 3.20. The molecular formula is C21H23NO4S2. The third-order valence-corrected chi connectivity index (χ3v) is 5.82. The summed E-state index contributed by atoms with van der Waals surface area (Å²) in [6, 6.07) is 16.9. The standard InChI is InChI=1S/C21H23NO4S2/c1-24-18-9-5-6-10-19(18)26-15-21-22(11-12-28-21)20(27)13-16(23)14-25-17-7-3-2-4-8-17/h2-10,21H,11-15H2,1H3. The van der Waals surface area contributed by atoms with Gasteiger partial charge in [-0.1, -0.05) is 42.5 Å². The summed E-state index contributed by atoms with van der Waals surface area (Å²) < 4.78 is 16.8. The molecule has 0 radical (unpaired) electrons. The predicted molar refractivity (Wildman–Crippen MR) is 116 cm³/mol. The Morgan fingerprint density at radius 3 is 2.57 bits per heavy atom. The molecule has 1 unspecified atom stereocenters. The molecule has 1 atom stereocenters. The highest BCUT2D eigenvalue weighted by atomic mass is 32.2. The van der Waals surface area contributed by atoms with E-state index in [4.69, 9.17) is 26.4 Å². The molecule has 0 amide bonds. The van der Waals surface area contributed by atoms with E-state index in [1.54, 1.807) is 18.9 Å². The van der Waals surface area contributed by atoms with Crippen LogP contribution in [0.15, 0.2) is 54.6 Å². The first-order chi connectivity index (χ1) is 13.7. The number of hydrogen-bond acceptors (Lipinski definition) is 6. The van der Waals surface area contributed by atoms with Crippen LogP contribution in [0.3, 0.4) is 0 Å². The number of rotatable bonds is 9. The lowest BCUT2D eigenvalue weighted by Gasteiger charge is -2.26. The van der Waals surface area contributed by atoms with E-state index in [0.717, 1.165) is 12.3 Å². The molecule has 0 bridgehead atoms. The topological polar surface area (TPSA) is 48.0 Å². The number of ether oxygens (including phenoxy) is 3. The maximum Gasteiger partial charge on any atom is 0.176 e. The summed E-state index contributed by atoms with van der Waals surface area (Å²) >= 11 is 7.31. The summed E-state index contributed by atoms with van der Waals surface area (Å²) in [4.78, 5) is 15.0. The molecule has 3 rings (SSSR count). The third-order valence-electron chi connectivity index (χ3n) is 4.25. The molecule has 0 aromatic heterocycles. The Hall–Kier alpha value is -2.25. The highest BCUT2D eigenvalue weighted by Gasteiger charge is 2.29. The molecule has 0 aliphatic carbocycles. The molecule has 1 saturated heterocycles. The summed E-state index contributed by atoms with van der Waals surface area (Å²) in [6.07, 6.45) is 0.202. The molecule has 0 saturated carbocycles. The summed E-state index contributed by atoms with van der Waals surface area (Å²) in [5.74, 6) is 3.01. The normalized spacial score (nSPS) is 15.9. The lowest BCUT2D eigenvalue weighted by Crippen LogP contribution is -2.38. The smallest absolute Gasteiger partial charge is 0.176 e. The quantitative estimate of drug-likeness (QED) is 0.575. The second kappa shape index (κ2) is 10.3. The van der Waals surface area contributed by atoms with E-state index in [0.29, 0.717) is 28.8 Å². The number of thioether (sulfide) groups is 1. The molecule has 1 heterocycles. The summed E-state index contributed by atoms with van der Waals surface area (Å²) in [5.41, 5.74) is 0. The number of hydrogen-bond donors (Lipinski definition) is 0. The van der Waals surface area contributed by atoms with Gasteiger partial charge in [-0.05, 0) is 24.3 Å². The summed E-state index contributed by atoms with van der Waals surface area (Å²) in [5, 5.41) is 0.0836. The van der Waals surface area contributed by atoms with Gasteiger partial charge in [0.2, 0.25) is 0 Å². The number of Topliss-reactive ketones (excluding diaryl/α,β-unsaturated/α-hetero) is 1. The number of methoxy groups -OCH3 is 1. The fourth-order valence-corrected chi connectivity index (χ4v) is 4.44. The van der Waals surface area contributed by atoms with E-state index in [1.165, 1.54) is 0 Å². The van der Waals surface area contributed by atoms with Crippen molar-refractivity contribution in [3.05, 3.63) is 54.6 Å². The van der Waals surface area contributed by atoms with Gasteiger partial charge in [0.1, 0.15) is 24.3 Å². The zero-order chi connectivity index (χ0) is 19.8. The van der Waals surface area contributed by atoms with Gasteiger partial charge in [0, 0.05) is 12.3 Å². The van der Waals surface area contributed by atoms with E-state index in [2.05, 4.69) is 4.90 Å². The number of nitrogens with zero attached hydrogens (tertiary/aromatic N) is 1. The fourth-order valence-electron chi connectivity index (χ4n) is 2.85. The maximum absolute atomic E-state index is 12.3. The number of ketones is 1. The van der Waals surface area contributed by atoms with Crippen molar-refractivity contribution in [2.24, 2.45) is 0 Å². The molecule has 1 fully saturated rings. The highest BCUT2D eigenvalue weighted by molar-refractivity contribution is 8.00. The Kier molecular flexibility index (Phi) is 7.56. The molecule has 28 heavy (non-hydrogen) atoms. The first kappa shape index (κ1) is 20.5. The van der Waals surface area contributed by atoms with Crippen molar-refractivity contribution in [1.29, 1.82) is 0 Å². The molecule has 0 spiro atoms. The largest absolute Gasteiger partial charge is 0.493 e. The van der Waals surface area contributed by atoms with Crippen molar-refractivity contribution in [2.75, 3.05) is 32.6 Å². The Labute approximate surface area is 175 Å². The van der Waals surface area contributed by atoms with Crippen molar-refractivity contribution in [1.82, 2.24) is 4.90 Å². The van der Waals surface area contributed by atoms with Crippen LogP contribution in [0.25, 0.3) is 0 Å². The molecule has 0 N–H and O–H groups in total. The van der Waals surface area contributed by atoms with Gasteiger partial charge in [-0.15, -0.1) is 11.8 Å². The van der Waals surface area contributed by atoms with Crippen molar-refractivity contribution >= 4 is 34.8 Å². The van der Waals surface area contributed by atoms with Gasteiger partial charge >= 0.3 is 0 Å². The van der Waals surface area contributed by atoms with E-state index in [9.17, 15) is 4.79 Å². The zero-order valence-corrected chi connectivity index (χ0v) is 17.3. The number of thiocarbonyl (C=S) groups is 1. The minimum atomic E-state index is -0.0323. The van der Waals surface area contributed by atoms with Crippen LogP contribution in [0, 0.1) is 0 Å². The van der Waals surface area contributed by atoms with Crippen LogP contribution in [0.4, 0.5) is 0 Å². The van der Waals surface area contributed by atoms with Gasteiger partial charge < -0.3 is 19.1 Å². The Morgan fingerprint density at radius 1 is 1.11 bits per heavy atom. The molecule has 2 aromatic rings. The number of para-hydroxylation sites is 3. The molecule has 5 nitrogen and oxygen atoms in total. The molecule has 1 aliphatic rings. The van der Waals surface area contributed by atoms with Crippen LogP contribution in [-0.2, 0) is 4.79 Å². The van der Waals surface area contributed by atoms with Gasteiger partial charge in [0.05, 0.1) is 18.5 Å². The van der Waals surface area contributed by atoms with Gasteiger partial charge in [-0.3, -0.25) is 4.79 Å². The van der Waals surface area contributed by atoms with Crippen LogP contribution in [0.2, 0.25) is 0 Å². The average molecular weight is 418 g/mol. The summed E-state index contributed by atoms with van der Waals surface area (Å²) in [6.45, 7) is 1.31. The number of benzene rings is 2. The van der Waals surface area contributed by atoms with Crippen LogP contribution in [0.1, 0.15) is 6.42 Å². The number of carbonyl (C=O) groups excluding carboxylic acids is 1. The van der Waals surface area contributed by atoms with E-state index in [-0.39, 0.29) is 24.2 Å². The van der Waals surface area contributed by atoms with Crippen LogP contribution < -0.4 is 14.2 Å². The monoisotopic (exact) mass is 417 g/mol. The molecule has 2 aromatic carbocycles. The number of carbonyl (C=O) groups is 1. The van der Waals surface area contributed by atoms with Gasteiger partial charge in [-0.25, -0.2) is 0 Å². The van der Waals surface area contributed by atoms with Gasteiger partial charge in [0.15, 0.2) is 17.3 Å². The lowest BCUT2D eigenvalue weighted by atomic mass is 10.2. The minimum absolute atomic E-state index is 0.0213. The molecule has 1 aliphatic heterocycles. The molecular weight excluding hydrogens is 394 g/mol. The molecule has 148 valence electrons. The van der Waals surface area contributed by atoms with Crippen molar-refractivity contribution in [2.45, 2.75) is 11.8 Å². The van der Waals surface area contributed by atoms with Gasteiger partial charge in [0.25, 0.3) is 0 Å². The predicted octanol–water partition coefficient (Wildman–Crippen LogP) is 3.81. The van der Waals surface area contributed by atoms with E-state index in [1.807, 2.05) is 54.6 Å².